The van der Waals surface area contributed by atoms with Crippen LogP contribution in [-0.4, -0.2) is 18.0 Å². The summed E-state index contributed by atoms with van der Waals surface area (Å²) in [7, 11) is 0. The molecule has 1 aliphatic carbocycles. The maximum atomic E-state index is 11.9. The molecule has 1 heterocycles. The highest BCUT2D eigenvalue weighted by atomic mass is 35.5. The van der Waals surface area contributed by atoms with E-state index in [0.717, 1.165) is 29.7 Å². The van der Waals surface area contributed by atoms with Gasteiger partial charge in [-0.1, -0.05) is 6.92 Å². The van der Waals surface area contributed by atoms with Crippen molar-refractivity contribution in [3.63, 3.8) is 0 Å². The first-order valence-electron chi connectivity index (χ1n) is 5.78. The maximum Gasteiger partial charge on any atom is 0.261 e. The van der Waals surface area contributed by atoms with Gasteiger partial charge in [-0.25, -0.2) is 0 Å². The molecule has 0 aromatic carbocycles. The van der Waals surface area contributed by atoms with Crippen molar-refractivity contribution < 1.29 is 4.79 Å². The molecule has 0 saturated heterocycles. The van der Waals surface area contributed by atoms with Crippen molar-refractivity contribution in [2.24, 2.45) is 5.73 Å². The second-order valence-electron chi connectivity index (χ2n) is 4.53. The number of nitrogens with two attached hydrogens (primary N) is 1. The molecule has 0 bridgehead atoms. The molecule has 1 fully saturated rings. The lowest BCUT2D eigenvalue weighted by molar-refractivity contribution is 0.0933. The summed E-state index contributed by atoms with van der Waals surface area (Å²) in [5.74, 6) is 0.0311. The Morgan fingerprint density at radius 2 is 2.29 bits per heavy atom. The fourth-order valence-electron chi connectivity index (χ4n) is 1.96. The van der Waals surface area contributed by atoms with Crippen LogP contribution in [0, 0.1) is 0 Å². The Kier molecular flexibility index (Phi) is 4.98. The van der Waals surface area contributed by atoms with Gasteiger partial charge in [0.1, 0.15) is 0 Å². The van der Waals surface area contributed by atoms with Gasteiger partial charge < -0.3 is 11.1 Å². The minimum Gasteiger partial charge on any atom is -0.349 e. The minimum absolute atomic E-state index is 0. The number of thiophene rings is 1. The van der Waals surface area contributed by atoms with Gasteiger partial charge in [-0.05, 0) is 42.7 Å². The first-order valence-corrected chi connectivity index (χ1v) is 6.66. The third kappa shape index (κ3) is 3.21. The average molecular weight is 275 g/mol. The van der Waals surface area contributed by atoms with Crippen LogP contribution in [0.4, 0.5) is 0 Å². The maximum absolute atomic E-state index is 11.9. The second-order valence-corrected chi connectivity index (χ2v) is 5.44. The van der Waals surface area contributed by atoms with Gasteiger partial charge in [0.15, 0.2) is 0 Å². The first-order chi connectivity index (χ1) is 7.64. The Labute approximate surface area is 112 Å². The highest BCUT2D eigenvalue weighted by Crippen LogP contribution is 2.28. The number of halogens is 1. The molecule has 5 heteroatoms. The zero-order valence-corrected chi connectivity index (χ0v) is 11.6. The summed E-state index contributed by atoms with van der Waals surface area (Å²) in [6, 6.07) is 2.02. The predicted molar refractivity (Wildman–Crippen MR) is 74.0 cm³/mol. The smallest absolute Gasteiger partial charge is 0.261 e. The van der Waals surface area contributed by atoms with Crippen LogP contribution in [0.1, 0.15) is 41.4 Å². The number of nitrogens with one attached hydrogen (secondary N) is 1. The van der Waals surface area contributed by atoms with Gasteiger partial charge in [0.05, 0.1) is 4.88 Å². The third-order valence-corrected chi connectivity index (χ3v) is 4.24. The molecule has 2 rings (SSSR count). The number of hydrogen-bond donors (Lipinski definition) is 2. The quantitative estimate of drug-likeness (QED) is 0.885. The molecule has 0 aliphatic heterocycles. The van der Waals surface area contributed by atoms with E-state index in [9.17, 15) is 4.79 Å². The summed E-state index contributed by atoms with van der Waals surface area (Å²) >= 11 is 1.51. The summed E-state index contributed by atoms with van der Waals surface area (Å²) in [6.07, 6.45) is 4.14. The van der Waals surface area contributed by atoms with Crippen molar-refractivity contribution in [3.05, 3.63) is 21.9 Å². The summed E-state index contributed by atoms with van der Waals surface area (Å²) in [5.41, 5.74) is 7.05. The number of carbonyl (C=O) groups excluding carboxylic acids is 1. The van der Waals surface area contributed by atoms with Crippen molar-refractivity contribution in [1.82, 2.24) is 5.32 Å². The third-order valence-electron chi connectivity index (χ3n) is 3.28. The standard InChI is InChI=1S/C12H18N2OS.ClH/c1-2-9-4-7-16-10(9)11(15)14-8-12(13)5-3-6-12;/h4,7H,2-3,5-6,8,13H2,1H3,(H,14,15);1H. The molecular weight excluding hydrogens is 256 g/mol. The van der Waals surface area contributed by atoms with Gasteiger partial charge in [-0.2, -0.15) is 0 Å². The van der Waals surface area contributed by atoms with Crippen LogP contribution < -0.4 is 11.1 Å². The van der Waals surface area contributed by atoms with Gasteiger partial charge in [0, 0.05) is 12.1 Å². The van der Waals surface area contributed by atoms with E-state index in [1.54, 1.807) is 0 Å². The topological polar surface area (TPSA) is 55.1 Å². The Morgan fingerprint density at radius 1 is 1.59 bits per heavy atom. The van der Waals surface area contributed by atoms with Gasteiger partial charge in [0.25, 0.3) is 5.91 Å². The fraction of sp³-hybridized carbons (Fsp3) is 0.583. The molecule has 1 aromatic rings. The lowest BCUT2D eigenvalue weighted by atomic mass is 9.78. The number of rotatable bonds is 4. The zero-order valence-electron chi connectivity index (χ0n) is 9.99. The normalized spacial score (nSPS) is 16.8. The number of amides is 1. The van der Waals surface area contributed by atoms with E-state index in [2.05, 4.69) is 12.2 Å². The largest absolute Gasteiger partial charge is 0.349 e. The number of aryl methyl sites for hydroxylation is 1. The molecule has 0 unspecified atom stereocenters. The molecule has 3 N–H and O–H groups in total. The Balaban J connectivity index is 0.00000144. The van der Waals surface area contributed by atoms with Crippen LogP contribution in [0.5, 0.6) is 0 Å². The van der Waals surface area contributed by atoms with E-state index in [0.29, 0.717) is 6.54 Å². The molecule has 3 nitrogen and oxygen atoms in total. The van der Waals surface area contributed by atoms with E-state index < -0.39 is 0 Å². The van der Waals surface area contributed by atoms with Crippen LogP contribution in [0.2, 0.25) is 0 Å². The molecule has 0 spiro atoms. The van der Waals surface area contributed by atoms with Crippen LogP contribution in [0.3, 0.4) is 0 Å². The van der Waals surface area contributed by atoms with Crippen molar-refractivity contribution in [3.8, 4) is 0 Å². The minimum atomic E-state index is -0.140. The highest BCUT2D eigenvalue weighted by molar-refractivity contribution is 7.12. The van der Waals surface area contributed by atoms with Crippen molar-refractivity contribution in [2.75, 3.05) is 6.54 Å². The van der Waals surface area contributed by atoms with E-state index in [1.165, 1.54) is 17.8 Å². The van der Waals surface area contributed by atoms with Crippen molar-refractivity contribution in [2.45, 2.75) is 38.1 Å². The number of carbonyl (C=O) groups is 1. The molecule has 17 heavy (non-hydrogen) atoms. The van der Waals surface area contributed by atoms with Crippen molar-refractivity contribution in [1.29, 1.82) is 0 Å². The first kappa shape index (κ1) is 14.5. The zero-order chi connectivity index (χ0) is 11.6. The van der Waals surface area contributed by atoms with Gasteiger partial charge >= 0.3 is 0 Å². The average Bonchev–Trinajstić information content (AvgIpc) is 2.71. The molecule has 1 aliphatic rings. The molecule has 1 aromatic heterocycles. The second kappa shape index (κ2) is 5.85. The Bertz CT molecular complexity index is 388. The van der Waals surface area contributed by atoms with Crippen LogP contribution >= 0.6 is 23.7 Å². The molecule has 1 saturated carbocycles. The summed E-state index contributed by atoms with van der Waals surface area (Å²) < 4.78 is 0. The van der Waals surface area contributed by atoms with Crippen LogP contribution in [-0.2, 0) is 6.42 Å². The summed E-state index contributed by atoms with van der Waals surface area (Å²) in [6.45, 7) is 2.67. The van der Waals surface area contributed by atoms with Gasteiger partial charge in [-0.15, -0.1) is 23.7 Å². The van der Waals surface area contributed by atoms with Crippen LogP contribution in [0.15, 0.2) is 11.4 Å². The van der Waals surface area contributed by atoms with E-state index in [4.69, 9.17) is 5.73 Å². The molecular formula is C12H19ClN2OS. The van der Waals surface area contributed by atoms with Gasteiger partial charge in [-0.3, -0.25) is 4.79 Å². The molecule has 1 amide bonds. The molecule has 0 atom stereocenters. The lowest BCUT2D eigenvalue weighted by Gasteiger charge is -2.38. The fourth-order valence-corrected chi connectivity index (χ4v) is 2.87. The van der Waals surface area contributed by atoms with Gasteiger partial charge in [0.2, 0.25) is 0 Å². The summed E-state index contributed by atoms with van der Waals surface area (Å²) in [5, 5.41) is 4.92. The van der Waals surface area contributed by atoms with Crippen molar-refractivity contribution >= 4 is 29.7 Å². The lowest BCUT2D eigenvalue weighted by Crippen LogP contribution is -2.54. The molecule has 0 radical (unpaired) electrons. The molecule has 96 valence electrons. The summed E-state index contributed by atoms with van der Waals surface area (Å²) in [4.78, 5) is 12.8. The highest BCUT2D eigenvalue weighted by Gasteiger charge is 2.32. The van der Waals surface area contributed by atoms with E-state index in [-0.39, 0.29) is 23.9 Å². The predicted octanol–water partition coefficient (Wildman–Crippen LogP) is 2.34. The van der Waals surface area contributed by atoms with E-state index in [1.807, 2.05) is 11.4 Å². The Hall–Kier alpha value is -0.580. The monoisotopic (exact) mass is 274 g/mol. The van der Waals surface area contributed by atoms with Crippen LogP contribution in [0.25, 0.3) is 0 Å². The number of hydrogen-bond acceptors (Lipinski definition) is 3. The van der Waals surface area contributed by atoms with E-state index >= 15 is 0 Å². The Morgan fingerprint density at radius 3 is 2.82 bits per heavy atom. The SMILES string of the molecule is CCc1ccsc1C(=O)NCC1(N)CCC1.Cl.